The number of fused-ring (bicyclic) bond motifs is 1. The molecule has 2 aromatic carbocycles. The summed E-state index contributed by atoms with van der Waals surface area (Å²) in [7, 11) is -3.74. The second-order valence-electron chi connectivity index (χ2n) is 6.80. The predicted octanol–water partition coefficient (Wildman–Crippen LogP) is 2.26. The third-order valence-electron chi connectivity index (χ3n) is 4.53. The maximum absolute atomic E-state index is 12.6. The zero-order valence-electron chi connectivity index (χ0n) is 17.0. The topological polar surface area (TPSA) is 129 Å². The van der Waals surface area contributed by atoms with Crippen LogP contribution in [0.3, 0.4) is 0 Å². The second-order valence-corrected chi connectivity index (χ2v) is 8.88. The summed E-state index contributed by atoms with van der Waals surface area (Å²) < 4.78 is 31.7. The summed E-state index contributed by atoms with van der Waals surface area (Å²) in [5.41, 5.74) is 0.825. The van der Waals surface area contributed by atoms with E-state index in [2.05, 4.69) is 9.71 Å². The Morgan fingerprint density at radius 1 is 1.25 bits per heavy atom. The molecule has 0 aliphatic carbocycles. The lowest BCUT2D eigenvalue weighted by Gasteiger charge is -2.22. The third-order valence-corrected chi connectivity index (χ3v) is 6.16. The van der Waals surface area contributed by atoms with Crippen molar-refractivity contribution < 1.29 is 22.7 Å². The smallest absolute Gasteiger partial charge is 0.331 e. The van der Waals surface area contributed by atoms with Crippen LogP contribution in [-0.2, 0) is 24.3 Å². The molecule has 1 heterocycles. The van der Waals surface area contributed by atoms with E-state index in [1.54, 1.807) is 42.5 Å². The van der Waals surface area contributed by atoms with Gasteiger partial charge in [0, 0.05) is 22.8 Å². The van der Waals surface area contributed by atoms with Gasteiger partial charge in [-0.3, -0.25) is 14.5 Å². The molecule has 0 fully saturated rings. The highest BCUT2D eigenvalue weighted by Crippen LogP contribution is 2.23. The summed E-state index contributed by atoms with van der Waals surface area (Å²) >= 11 is 5.98. The van der Waals surface area contributed by atoms with Gasteiger partial charge < -0.3 is 9.64 Å². The van der Waals surface area contributed by atoms with Crippen LogP contribution in [0.1, 0.15) is 18.9 Å². The molecule has 1 atom stereocenters. The number of amides is 1. The molecule has 32 heavy (non-hydrogen) atoms. The number of anilines is 1. The Morgan fingerprint density at radius 3 is 2.72 bits per heavy atom. The van der Waals surface area contributed by atoms with Gasteiger partial charge in [-0.05, 0) is 37.3 Å². The summed E-state index contributed by atoms with van der Waals surface area (Å²) in [4.78, 5) is 30.5. The number of rotatable bonds is 7. The molecule has 1 N–H and O–H groups in total. The monoisotopic (exact) mass is 474 g/mol. The minimum absolute atomic E-state index is 0.0333. The van der Waals surface area contributed by atoms with Gasteiger partial charge in [-0.15, -0.1) is 0 Å². The predicted molar refractivity (Wildman–Crippen MR) is 118 cm³/mol. The Balaban J connectivity index is 1.68. The van der Waals surface area contributed by atoms with Crippen molar-refractivity contribution in [2.45, 2.75) is 24.3 Å². The van der Waals surface area contributed by atoms with Gasteiger partial charge >= 0.3 is 5.97 Å². The van der Waals surface area contributed by atoms with E-state index in [1.807, 2.05) is 6.07 Å². The normalized spacial score (nSPS) is 15.8. The first-order chi connectivity index (χ1) is 15.2. The number of aliphatic imine (C=N–C) groups is 1. The lowest BCUT2D eigenvalue weighted by atomic mass is 10.2. The molecule has 0 bridgehead atoms. The molecular weight excluding hydrogens is 456 g/mol. The summed E-state index contributed by atoms with van der Waals surface area (Å²) in [6.07, 6.45) is 0.0792. The number of carbonyl (C=O) groups excluding carboxylic acids is 2. The fourth-order valence-electron chi connectivity index (χ4n) is 3.01. The van der Waals surface area contributed by atoms with E-state index in [1.165, 1.54) is 17.9 Å². The van der Waals surface area contributed by atoms with Crippen molar-refractivity contribution in [1.29, 1.82) is 5.26 Å². The number of nitrogens with zero attached hydrogens (tertiary/aromatic N) is 3. The Hall–Kier alpha value is -3.42. The van der Waals surface area contributed by atoms with Crippen LogP contribution in [0.5, 0.6) is 0 Å². The number of esters is 1. The summed E-state index contributed by atoms with van der Waals surface area (Å²) in [5.74, 6) is -1.31. The zero-order chi connectivity index (χ0) is 23.3. The molecule has 0 aromatic heterocycles. The van der Waals surface area contributed by atoms with Crippen molar-refractivity contribution in [3.05, 3.63) is 59.1 Å². The van der Waals surface area contributed by atoms with Gasteiger partial charge in [0.05, 0.1) is 17.4 Å². The number of nitriles is 1. The highest BCUT2D eigenvalue weighted by atomic mass is 35.5. The number of sulfonamides is 1. The minimum Gasteiger partial charge on any atom is -0.454 e. The maximum atomic E-state index is 12.6. The SMILES string of the molecule is C[C@H](N=C1NS(=O)(=O)c2ccccc21)C(=O)OCC(=O)N(CCC#N)c1cccc(Cl)c1. The number of amidine groups is 1. The number of ether oxygens (including phenoxy) is 1. The van der Waals surface area contributed by atoms with Crippen molar-refractivity contribution in [3.63, 3.8) is 0 Å². The summed E-state index contributed by atoms with van der Waals surface area (Å²) in [6, 6.07) is 13.7. The van der Waals surface area contributed by atoms with Gasteiger partial charge in [0.1, 0.15) is 11.9 Å². The quantitative estimate of drug-likeness (QED) is 0.613. The lowest BCUT2D eigenvalue weighted by molar-refractivity contribution is -0.148. The van der Waals surface area contributed by atoms with Crippen LogP contribution in [0.2, 0.25) is 5.02 Å². The molecule has 11 heteroatoms. The number of nitrogens with one attached hydrogen (secondary N) is 1. The number of benzene rings is 2. The van der Waals surface area contributed by atoms with Crippen molar-refractivity contribution in [1.82, 2.24) is 4.72 Å². The average molecular weight is 475 g/mol. The highest BCUT2D eigenvalue weighted by Gasteiger charge is 2.31. The van der Waals surface area contributed by atoms with Crippen molar-refractivity contribution in [2.24, 2.45) is 4.99 Å². The molecule has 0 radical (unpaired) electrons. The van der Waals surface area contributed by atoms with E-state index in [-0.39, 0.29) is 23.7 Å². The molecule has 3 rings (SSSR count). The highest BCUT2D eigenvalue weighted by molar-refractivity contribution is 7.90. The minimum atomic E-state index is -3.74. The van der Waals surface area contributed by atoms with E-state index >= 15 is 0 Å². The molecule has 1 amide bonds. The van der Waals surface area contributed by atoms with Gasteiger partial charge in [-0.25, -0.2) is 13.2 Å². The van der Waals surface area contributed by atoms with Gasteiger partial charge in [0.25, 0.3) is 15.9 Å². The molecule has 0 saturated carbocycles. The maximum Gasteiger partial charge on any atom is 0.331 e. The zero-order valence-corrected chi connectivity index (χ0v) is 18.6. The Bertz CT molecular complexity index is 1220. The van der Waals surface area contributed by atoms with Crippen molar-refractivity contribution in [2.75, 3.05) is 18.1 Å². The number of halogens is 1. The first-order valence-corrected chi connectivity index (χ1v) is 11.4. The summed E-state index contributed by atoms with van der Waals surface area (Å²) in [6.45, 7) is 0.956. The summed E-state index contributed by atoms with van der Waals surface area (Å²) in [5, 5.41) is 9.28. The van der Waals surface area contributed by atoms with Gasteiger partial charge in [0.2, 0.25) is 0 Å². The third kappa shape index (κ3) is 5.25. The van der Waals surface area contributed by atoms with Crippen LogP contribution in [-0.4, -0.2) is 45.3 Å². The van der Waals surface area contributed by atoms with E-state index in [4.69, 9.17) is 21.6 Å². The van der Waals surface area contributed by atoms with Crippen LogP contribution >= 0.6 is 11.6 Å². The van der Waals surface area contributed by atoms with E-state index in [0.29, 0.717) is 16.3 Å². The lowest BCUT2D eigenvalue weighted by Crippen LogP contribution is -2.36. The molecular formula is C21H19ClN4O5S. The second kappa shape index (κ2) is 9.80. The van der Waals surface area contributed by atoms with E-state index in [9.17, 15) is 18.0 Å². The van der Waals surface area contributed by atoms with Crippen molar-refractivity contribution >= 4 is 45.0 Å². The van der Waals surface area contributed by atoms with E-state index < -0.39 is 34.5 Å². The first-order valence-electron chi connectivity index (χ1n) is 9.52. The Kier molecular flexibility index (Phi) is 7.12. The van der Waals surface area contributed by atoms with E-state index in [0.717, 1.165) is 0 Å². The molecule has 2 aromatic rings. The largest absolute Gasteiger partial charge is 0.454 e. The van der Waals surface area contributed by atoms with Gasteiger partial charge in [-0.1, -0.05) is 29.8 Å². The standard InChI is InChI=1S/C21H19ClN4O5S/c1-14(24-20-17-8-2-3-9-18(17)32(29,30)25-20)21(28)31-13-19(27)26(11-5-10-23)16-7-4-6-15(22)12-16/h2-4,6-9,12,14H,5,11,13H2,1H3,(H,24,25)/t14-/m0/s1. The average Bonchev–Trinajstić information content (AvgIpc) is 3.02. The van der Waals surface area contributed by atoms with Crippen LogP contribution in [0, 0.1) is 11.3 Å². The number of hydrogen-bond donors (Lipinski definition) is 1. The van der Waals surface area contributed by atoms with Crippen molar-refractivity contribution in [3.8, 4) is 6.07 Å². The van der Waals surface area contributed by atoms with Gasteiger partial charge in [0.15, 0.2) is 6.61 Å². The van der Waals surface area contributed by atoms with Crippen LogP contribution < -0.4 is 9.62 Å². The molecule has 9 nitrogen and oxygen atoms in total. The Morgan fingerprint density at radius 2 is 2.00 bits per heavy atom. The molecule has 1 aliphatic heterocycles. The fourth-order valence-corrected chi connectivity index (χ4v) is 4.43. The number of carbonyl (C=O) groups is 2. The number of hydrogen-bond acceptors (Lipinski definition) is 7. The van der Waals surface area contributed by atoms with Crippen LogP contribution in [0.4, 0.5) is 5.69 Å². The van der Waals surface area contributed by atoms with Gasteiger partial charge in [-0.2, -0.15) is 5.26 Å². The molecule has 0 unspecified atom stereocenters. The molecule has 0 saturated heterocycles. The Labute approximate surface area is 190 Å². The first kappa shape index (κ1) is 23.2. The van der Waals surface area contributed by atoms with Crippen LogP contribution in [0.25, 0.3) is 0 Å². The fraction of sp³-hybridized carbons (Fsp3) is 0.238. The van der Waals surface area contributed by atoms with Crippen LogP contribution in [0.15, 0.2) is 58.4 Å². The molecule has 1 aliphatic rings. The molecule has 166 valence electrons. The molecule has 0 spiro atoms.